The molecule has 3 N–H and O–H groups in total. The van der Waals surface area contributed by atoms with Gasteiger partial charge >= 0.3 is 0 Å². The molecule has 0 aliphatic rings. The van der Waals surface area contributed by atoms with Gasteiger partial charge in [-0.1, -0.05) is 19.9 Å². The molecule has 1 aromatic rings. The predicted molar refractivity (Wildman–Crippen MR) is 77.6 cm³/mol. The lowest BCUT2D eigenvalue weighted by atomic mass is 10.1. The van der Waals surface area contributed by atoms with Crippen LogP contribution in [0.2, 0.25) is 0 Å². The lowest BCUT2D eigenvalue weighted by Gasteiger charge is -2.16. The molecular formula is C15H22N2O3. The highest BCUT2D eigenvalue weighted by atomic mass is 16.3. The first-order valence-electron chi connectivity index (χ1n) is 6.70. The summed E-state index contributed by atoms with van der Waals surface area (Å²) in [5, 5.41) is 15.0. The number of hydrogen-bond donors (Lipinski definition) is 3. The summed E-state index contributed by atoms with van der Waals surface area (Å²) in [6, 6.07) is 4.11. The number of carbonyl (C=O) groups excluding carboxylic acids is 2. The summed E-state index contributed by atoms with van der Waals surface area (Å²) in [4.78, 5) is 23.9. The van der Waals surface area contributed by atoms with Gasteiger partial charge in [0.15, 0.2) is 0 Å². The van der Waals surface area contributed by atoms with Gasteiger partial charge in [0.1, 0.15) is 11.8 Å². The number of hydrogen-bond acceptors (Lipinski definition) is 3. The van der Waals surface area contributed by atoms with Gasteiger partial charge in [-0.3, -0.25) is 9.59 Å². The summed E-state index contributed by atoms with van der Waals surface area (Å²) in [6.45, 7) is 7.86. The molecule has 5 nitrogen and oxygen atoms in total. The number of aromatic hydroxyl groups is 1. The van der Waals surface area contributed by atoms with Crippen molar-refractivity contribution in [3.05, 3.63) is 29.3 Å². The zero-order valence-corrected chi connectivity index (χ0v) is 12.4. The van der Waals surface area contributed by atoms with Gasteiger partial charge in [-0.2, -0.15) is 0 Å². The van der Waals surface area contributed by atoms with Crippen molar-refractivity contribution in [2.45, 2.75) is 33.7 Å². The minimum Gasteiger partial charge on any atom is -0.508 e. The number of nitrogens with one attached hydrogen (secondary N) is 2. The van der Waals surface area contributed by atoms with E-state index in [1.54, 1.807) is 26.0 Å². The highest BCUT2D eigenvalue weighted by Crippen LogP contribution is 2.19. The molecule has 1 rings (SSSR count). The molecule has 0 aliphatic heterocycles. The van der Waals surface area contributed by atoms with Gasteiger partial charge in [0.05, 0.1) is 0 Å². The molecule has 0 heterocycles. The van der Waals surface area contributed by atoms with Crippen molar-refractivity contribution in [1.82, 2.24) is 10.6 Å². The Labute approximate surface area is 119 Å². The summed E-state index contributed by atoms with van der Waals surface area (Å²) in [5.74, 6) is -0.166. The molecule has 0 saturated heterocycles. The highest BCUT2D eigenvalue weighted by molar-refractivity contribution is 5.98. The smallest absolute Gasteiger partial charge is 0.252 e. The maximum Gasteiger partial charge on any atom is 0.252 e. The van der Waals surface area contributed by atoms with Gasteiger partial charge in [-0.25, -0.2) is 0 Å². The van der Waals surface area contributed by atoms with Crippen molar-refractivity contribution in [2.24, 2.45) is 5.92 Å². The van der Waals surface area contributed by atoms with E-state index in [1.165, 1.54) is 6.07 Å². The largest absolute Gasteiger partial charge is 0.508 e. The molecule has 0 saturated carbocycles. The van der Waals surface area contributed by atoms with E-state index in [2.05, 4.69) is 10.6 Å². The summed E-state index contributed by atoms with van der Waals surface area (Å²) >= 11 is 0. The van der Waals surface area contributed by atoms with Crippen LogP contribution >= 0.6 is 0 Å². The topological polar surface area (TPSA) is 78.4 Å². The summed E-state index contributed by atoms with van der Waals surface area (Å²) < 4.78 is 0. The molecule has 5 heteroatoms. The van der Waals surface area contributed by atoms with Crippen LogP contribution in [0.3, 0.4) is 0 Å². The molecule has 1 unspecified atom stereocenters. The quantitative estimate of drug-likeness (QED) is 0.765. The van der Waals surface area contributed by atoms with Gasteiger partial charge in [-0.05, 0) is 31.9 Å². The number of phenolic OH excluding ortho intramolecular Hbond substituents is 1. The minimum absolute atomic E-state index is 0.0644. The van der Waals surface area contributed by atoms with Crippen LogP contribution in [0.25, 0.3) is 0 Å². The van der Waals surface area contributed by atoms with Crippen molar-refractivity contribution in [2.75, 3.05) is 6.54 Å². The molecule has 0 radical (unpaired) electrons. The lowest BCUT2D eigenvalue weighted by Crippen LogP contribution is -2.45. The Morgan fingerprint density at radius 2 is 1.90 bits per heavy atom. The summed E-state index contributed by atoms with van der Waals surface area (Å²) in [7, 11) is 0. The van der Waals surface area contributed by atoms with E-state index in [1.807, 2.05) is 13.8 Å². The third-order valence-corrected chi connectivity index (χ3v) is 2.98. The highest BCUT2D eigenvalue weighted by Gasteiger charge is 2.18. The standard InChI is InChI=1S/C15H22N2O3/c1-9(2)8-16-14(19)11(4)17-15(20)12-6-5-7-13(18)10(12)3/h5-7,9,11,18H,8H2,1-4H3,(H,16,19)(H,17,20). The summed E-state index contributed by atoms with van der Waals surface area (Å²) in [6.07, 6.45) is 0. The van der Waals surface area contributed by atoms with Crippen LogP contribution in [0.1, 0.15) is 36.7 Å². The Hall–Kier alpha value is -2.04. The van der Waals surface area contributed by atoms with Gasteiger partial charge in [0, 0.05) is 17.7 Å². The fourth-order valence-electron chi connectivity index (χ4n) is 1.67. The van der Waals surface area contributed by atoms with Crippen molar-refractivity contribution in [1.29, 1.82) is 0 Å². The fourth-order valence-corrected chi connectivity index (χ4v) is 1.67. The van der Waals surface area contributed by atoms with E-state index < -0.39 is 6.04 Å². The average Bonchev–Trinajstić information content (AvgIpc) is 2.38. The number of rotatable bonds is 5. The maximum absolute atomic E-state index is 12.1. The molecule has 110 valence electrons. The van der Waals surface area contributed by atoms with E-state index in [9.17, 15) is 14.7 Å². The Kier molecular flexibility index (Phi) is 5.55. The Morgan fingerprint density at radius 1 is 1.25 bits per heavy atom. The van der Waals surface area contributed by atoms with Crippen LogP contribution in [0.4, 0.5) is 0 Å². The van der Waals surface area contributed by atoms with Crippen molar-refractivity contribution >= 4 is 11.8 Å². The average molecular weight is 278 g/mol. The molecule has 1 atom stereocenters. The van der Waals surface area contributed by atoms with Gasteiger partial charge in [0.25, 0.3) is 5.91 Å². The number of amides is 2. The first kappa shape index (κ1) is 16.0. The summed E-state index contributed by atoms with van der Waals surface area (Å²) in [5.41, 5.74) is 0.869. The molecule has 2 amide bonds. The Balaban J connectivity index is 2.66. The zero-order valence-electron chi connectivity index (χ0n) is 12.4. The first-order chi connectivity index (χ1) is 9.32. The molecule has 0 aliphatic carbocycles. The molecule has 0 spiro atoms. The third kappa shape index (κ3) is 4.26. The molecule has 1 aromatic carbocycles. The second kappa shape index (κ2) is 6.93. The molecule has 0 aromatic heterocycles. The van der Waals surface area contributed by atoms with E-state index >= 15 is 0 Å². The van der Waals surface area contributed by atoms with Crippen molar-refractivity contribution in [3.8, 4) is 5.75 Å². The number of carbonyl (C=O) groups is 2. The second-order valence-corrected chi connectivity index (χ2v) is 5.28. The van der Waals surface area contributed by atoms with Crippen LogP contribution in [-0.2, 0) is 4.79 Å². The van der Waals surface area contributed by atoms with Crippen LogP contribution in [0.15, 0.2) is 18.2 Å². The Bertz CT molecular complexity index is 498. The van der Waals surface area contributed by atoms with Crippen LogP contribution in [0.5, 0.6) is 5.75 Å². The van der Waals surface area contributed by atoms with E-state index in [-0.39, 0.29) is 17.6 Å². The number of benzene rings is 1. The van der Waals surface area contributed by atoms with Crippen LogP contribution < -0.4 is 10.6 Å². The van der Waals surface area contributed by atoms with Crippen molar-refractivity contribution in [3.63, 3.8) is 0 Å². The third-order valence-electron chi connectivity index (χ3n) is 2.98. The van der Waals surface area contributed by atoms with E-state index in [0.717, 1.165) is 0 Å². The second-order valence-electron chi connectivity index (χ2n) is 5.28. The molecule has 0 fully saturated rings. The SMILES string of the molecule is Cc1c(O)cccc1C(=O)NC(C)C(=O)NCC(C)C. The van der Waals surface area contributed by atoms with Crippen LogP contribution in [-0.4, -0.2) is 29.5 Å². The maximum atomic E-state index is 12.1. The van der Waals surface area contributed by atoms with Gasteiger partial charge in [-0.15, -0.1) is 0 Å². The zero-order chi connectivity index (χ0) is 15.3. The molecular weight excluding hydrogens is 256 g/mol. The first-order valence-corrected chi connectivity index (χ1v) is 6.70. The molecule has 20 heavy (non-hydrogen) atoms. The number of phenols is 1. The lowest BCUT2D eigenvalue weighted by molar-refractivity contribution is -0.122. The van der Waals surface area contributed by atoms with Crippen LogP contribution in [0, 0.1) is 12.8 Å². The van der Waals surface area contributed by atoms with Gasteiger partial charge < -0.3 is 15.7 Å². The van der Waals surface area contributed by atoms with E-state index in [0.29, 0.717) is 23.6 Å². The normalized spacial score (nSPS) is 12.1. The van der Waals surface area contributed by atoms with Crippen molar-refractivity contribution < 1.29 is 14.7 Å². The van der Waals surface area contributed by atoms with Gasteiger partial charge in [0.2, 0.25) is 5.91 Å². The fraction of sp³-hybridized carbons (Fsp3) is 0.467. The van der Waals surface area contributed by atoms with E-state index in [4.69, 9.17) is 0 Å². The minimum atomic E-state index is -0.622. The Morgan fingerprint density at radius 3 is 2.50 bits per heavy atom. The molecule has 0 bridgehead atoms. The predicted octanol–water partition coefficient (Wildman–Crippen LogP) is 1.59. The monoisotopic (exact) mass is 278 g/mol.